The van der Waals surface area contributed by atoms with Crippen molar-refractivity contribution in [2.24, 2.45) is 34.5 Å². The zero-order valence-corrected chi connectivity index (χ0v) is 13.6. The van der Waals surface area contributed by atoms with Crippen LogP contribution in [0.25, 0.3) is 0 Å². The molecule has 0 radical (unpaired) electrons. The minimum absolute atomic E-state index is 0.116. The number of hydrogen-bond donors (Lipinski definition) is 1. The van der Waals surface area contributed by atoms with Crippen LogP contribution in [-0.2, 0) is 4.79 Å². The highest BCUT2D eigenvalue weighted by atomic mass is 16.3. The minimum atomic E-state index is -0.116. The van der Waals surface area contributed by atoms with Gasteiger partial charge < -0.3 is 5.11 Å². The van der Waals surface area contributed by atoms with E-state index in [1.807, 2.05) is 0 Å². The Morgan fingerprint density at radius 3 is 2.71 bits per heavy atom. The van der Waals surface area contributed by atoms with Crippen LogP contribution in [-0.4, -0.2) is 17.0 Å². The predicted octanol–water partition coefficient (Wildman–Crippen LogP) is 3.96. The van der Waals surface area contributed by atoms with Crippen molar-refractivity contribution < 1.29 is 9.90 Å². The normalized spacial score (nSPS) is 56.5. The largest absolute Gasteiger partial charge is 0.393 e. The van der Waals surface area contributed by atoms with Crippen LogP contribution in [0.15, 0.2) is 0 Å². The van der Waals surface area contributed by atoms with Gasteiger partial charge in [0.25, 0.3) is 0 Å². The van der Waals surface area contributed by atoms with E-state index in [1.54, 1.807) is 0 Å². The molecule has 1 N–H and O–H groups in total. The van der Waals surface area contributed by atoms with Gasteiger partial charge in [0, 0.05) is 12.3 Å². The first-order valence-electron chi connectivity index (χ1n) is 9.15. The maximum Gasteiger partial charge on any atom is 0.137 e. The van der Waals surface area contributed by atoms with Gasteiger partial charge in [-0.05, 0) is 73.5 Å². The van der Waals surface area contributed by atoms with E-state index in [4.69, 9.17) is 0 Å². The summed E-state index contributed by atoms with van der Waals surface area (Å²) in [4.78, 5) is 13.1. The van der Waals surface area contributed by atoms with E-state index in [1.165, 1.54) is 32.1 Å². The number of carbonyl (C=O) groups excluding carboxylic acids is 1. The standard InChI is InChI=1S/C19H30O2/c1-18-8-3-4-15(18)14-6-5-12-10-13(20)7-9-19(12,2)17(14)16(21)11-18/h12-15,17,20H,3-11H2,1-2H3/t12-,13+,14-,15+,17-,18+,19-/m0/s1. The molecule has 4 saturated carbocycles. The molecule has 4 aliphatic carbocycles. The maximum atomic E-state index is 13.1. The molecule has 0 heterocycles. The summed E-state index contributed by atoms with van der Waals surface area (Å²) in [6.07, 6.45) is 10.1. The van der Waals surface area contributed by atoms with Crippen LogP contribution < -0.4 is 0 Å². The Morgan fingerprint density at radius 2 is 1.90 bits per heavy atom. The van der Waals surface area contributed by atoms with Crippen LogP contribution in [0.4, 0.5) is 0 Å². The Kier molecular flexibility index (Phi) is 3.10. The maximum absolute atomic E-state index is 13.1. The van der Waals surface area contributed by atoms with Crippen molar-refractivity contribution in [1.29, 1.82) is 0 Å². The van der Waals surface area contributed by atoms with Gasteiger partial charge in [-0.1, -0.05) is 20.3 Å². The lowest BCUT2D eigenvalue weighted by Gasteiger charge is -2.59. The highest BCUT2D eigenvalue weighted by molar-refractivity contribution is 5.84. The number of hydrogen-bond acceptors (Lipinski definition) is 2. The highest BCUT2D eigenvalue weighted by Gasteiger charge is 2.60. The fraction of sp³-hybridized carbons (Fsp3) is 0.947. The summed E-state index contributed by atoms with van der Waals surface area (Å²) in [6, 6.07) is 0. The number of aliphatic hydroxyl groups excluding tert-OH is 1. The molecule has 4 aliphatic rings. The zero-order valence-electron chi connectivity index (χ0n) is 13.6. The van der Waals surface area contributed by atoms with Crippen LogP contribution in [0.5, 0.6) is 0 Å². The summed E-state index contributed by atoms with van der Waals surface area (Å²) in [5.41, 5.74) is 0.499. The molecule has 118 valence electrons. The summed E-state index contributed by atoms with van der Waals surface area (Å²) in [7, 11) is 0. The van der Waals surface area contributed by atoms with E-state index < -0.39 is 0 Å². The van der Waals surface area contributed by atoms with E-state index in [0.717, 1.165) is 31.6 Å². The van der Waals surface area contributed by atoms with Crippen molar-refractivity contribution in [2.45, 2.75) is 77.7 Å². The molecule has 2 heteroatoms. The molecule has 0 spiro atoms. The SMILES string of the molecule is C[C@]12CCC[C@@H]1[C@@H]1CC[C@H]3C[C@H](O)CC[C@]3(C)[C@@H]1C(=O)C2. The van der Waals surface area contributed by atoms with Crippen LogP contribution in [0.3, 0.4) is 0 Å². The van der Waals surface area contributed by atoms with Gasteiger partial charge in [0.15, 0.2) is 0 Å². The van der Waals surface area contributed by atoms with Gasteiger partial charge in [0.05, 0.1) is 6.10 Å². The molecule has 0 aromatic heterocycles. The van der Waals surface area contributed by atoms with E-state index in [9.17, 15) is 9.90 Å². The first-order valence-corrected chi connectivity index (χ1v) is 9.15. The average Bonchev–Trinajstić information content (AvgIpc) is 2.80. The molecule has 0 amide bonds. The topological polar surface area (TPSA) is 37.3 Å². The van der Waals surface area contributed by atoms with Gasteiger partial charge in [0.2, 0.25) is 0 Å². The second kappa shape index (κ2) is 4.57. The summed E-state index contributed by atoms with van der Waals surface area (Å²) in [5, 5.41) is 10.0. The predicted molar refractivity (Wildman–Crippen MR) is 82.7 cm³/mol. The van der Waals surface area contributed by atoms with Crippen molar-refractivity contribution in [3.05, 3.63) is 0 Å². The fourth-order valence-corrected chi connectivity index (χ4v) is 7.06. The van der Waals surface area contributed by atoms with E-state index in [2.05, 4.69) is 13.8 Å². The Labute approximate surface area is 128 Å². The molecule has 0 unspecified atom stereocenters. The molecule has 21 heavy (non-hydrogen) atoms. The number of aliphatic hydroxyl groups is 1. The van der Waals surface area contributed by atoms with Crippen molar-refractivity contribution in [3.63, 3.8) is 0 Å². The lowest BCUT2D eigenvalue weighted by atomic mass is 9.45. The number of fused-ring (bicyclic) bond motifs is 5. The van der Waals surface area contributed by atoms with Gasteiger partial charge in [-0.2, -0.15) is 0 Å². The Balaban J connectivity index is 1.69. The van der Waals surface area contributed by atoms with Gasteiger partial charge >= 0.3 is 0 Å². The summed E-state index contributed by atoms with van der Waals surface area (Å²) in [5.74, 6) is 2.90. The van der Waals surface area contributed by atoms with E-state index >= 15 is 0 Å². The van der Waals surface area contributed by atoms with Gasteiger partial charge in [-0.25, -0.2) is 0 Å². The quantitative estimate of drug-likeness (QED) is 0.733. The Bertz CT molecular complexity index is 458. The first kappa shape index (κ1) is 14.2. The third kappa shape index (κ3) is 1.90. The number of Topliss-reactive ketones (excluding diaryl/α,β-unsaturated/α-hetero) is 1. The van der Waals surface area contributed by atoms with Crippen molar-refractivity contribution in [1.82, 2.24) is 0 Å². The smallest absolute Gasteiger partial charge is 0.137 e. The molecule has 4 rings (SSSR count). The average molecular weight is 290 g/mol. The lowest BCUT2D eigenvalue weighted by Crippen LogP contribution is -2.56. The van der Waals surface area contributed by atoms with Crippen molar-refractivity contribution >= 4 is 5.78 Å². The Morgan fingerprint density at radius 1 is 1.10 bits per heavy atom. The second-order valence-electron chi connectivity index (χ2n) is 9.15. The number of carbonyl (C=O) groups is 1. The van der Waals surface area contributed by atoms with Crippen LogP contribution >= 0.6 is 0 Å². The zero-order chi connectivity index (χ0) is 14.8. The van der Waals surface area contributed by atoms with Crippen LogP contribution in [0.2, 0.25) is 0 Å². The fourth-order valence-electron chi connectivity index (χ4n) is 7.06. The number of ketones is 1. The van der Waals surface area contributed by atoms with Crippen LogP contribution in [0, 0.1) is 34.5 Å². The molecule has 0 bridgehead atoms. The second-order valence-corrected chi connectivity index (χ2v) is 9.15. The molecule has 7 atom stereocenters. The van der Waals surface area contributed by atoms with Gasteiger partial charge in [0.1, 0.15) is 5.78 Å². The summed E-state index contributed by atoms with van der Waals surface area (Å²) in [6.45, 7) is 4.77. The molecule has 0 aromatic carbocycles. The monoisotopic (exact) mass is 290 g/mol. The lowest BCUT2D eigenvalue weighted by molar-refractivity contribution is -0.159. The molecule has 4 fully saturated rings. The summed E-state index contributed by atoms with van der Waals surface area (Å²) < 4.78 is 0. The molecule has 0 saturated heterocycles. The first-order chi connectivity index (χ1) is 9.94. The molecular formula is C19H30O2. The third-order valence-electron chi connectivity index (χ3n) is 8.09. The van der Waals surface area contributed by atoms with E-state index in [-0.39, 0.29) is 11.5 Å². The van der Waals surface area contributed by atoms with E-state index in [0.29, 0.717) is 29.0 Å². The van der Waals surface area contributed by atoms with Gasteiger partial charge in [-0.3, -0.25) is 4.79 Å². The molecule has 2 nitrogen and oxygen atoms in total. The number of rotatable bonds is 0. The molecular weight excluding hydrogens is 260 g/mol. The molecule has 0 aliphatic heterocycles. The third-order valence-corrected chi connectivity index (χ3v) is 8.09. The molecule has 0 aromatic rings. The van der Waals surface area contributed by atoms with Gasteiger partial charge in [-0.15, -0.1) is 0 Å². The van der Waals surface area contributed by atoms with Crippen molar-refractivity contribution in [3.8, 4) is 0 Å². The highest BCUT2D eigenvalue weighted by Crippen LogP contribution is 2.65. The van der Waals surface area contributed by atoms with Crippen LogP contribution in [0.1, 0.15) is 71.6 Å². The van der Waals surface area contributed by atoms with Crippen molar-refractivity contribution in [2.75, 3.05) is 0 Å². The minimum Gasteiger partial charge on any atom is -0.393 e. The Hall–Kier alpha value is -0.370. The summed E-state index contributed by atoms with van der Waals surface area (Å²) >= 11 is 0.